The van der Waals surface area contributed by atoms with Crippen molar-refractivity contribution in [3.05, 3.63) is 58.7 Å². The molecule has 2 nitrogen and oxygen atoms in total. The molecule has 21 heavy (non-hydrogen) atoms. The van der Waals surface area contributed by atoms with Crippen molar-refractivity contribution in [1.82, 2.24) is 5.32 Å². The molecule has 1 aromatic carbocycles. The first-order valence-electron chi connectivity index (χ1n) is 7.37. The Morgan fingerprint density at radius 2 is 2.24 bits per heavy atom. The van der Waals surface area contributed by atoms with E-state index < -0.39 is 0 Å². The number of methoxy groups -OCH3 is 1. The van der Waals surface area contributed by atoms with Gasteiger partial charge in [0.25, 0.3) is 0 Å². The Hall–Kier alpha value is -1.67. The van der Waals surface area contributed by atoms with Crippen LogP contribution in [0, 0.1) is 0 Å². The van der Waals surface area contributed by atoms with Crippen molar-refractivity contribution in [2.75, 3.05) is 7.11 Å². The van der Waals surface area contributed by atoms with Crippen molar-refractivity contribution < 1.29 is 4.74 Å². The first-order valence-corrected chi connectivity index (χ1v) is 7.74. The van der Waals surface area contributed by atoms with Gasteiger partial charge < -0.3 is 10.1 Å². The SMILES string of the molecule is C=C(NC1CCC2=C1C=CCC2)c1ccc(OC)c(Cl)c1. The predicted molar refractivity (Wildman–Crippen MR) is 88.6 cm³/mol. The molecule has 0 aliphatic heterocycles. The third kappa shape index (κ3) is 2.86. The minimum absolute atomic E-state index is 0.380. The van der Waals surface area contributed by atoms with E-state index in [1.165, 1.54) is 24.8 Å². The van der Waals surface area contributed by atoms with E-state index in [-0.39, 0.29) is 0 Å². The van der Waals surface area contributed by atoms with E-state index in [2.05, 4.69) is 24.0 Å². The van der Waals surface area contributed by atoms with E-state index in [4.69, 9.17) is 16.3 Å². The van der Waals surface area contributed by atoms with Gasteiger partial charge in [0.1, 0.15) is 5.75 Å². The van der Waals surface area contributed by atoms with Crippen LogP contribution in [0.3, 0.4) is 0 Å². The Kier molecular flexibility index (Phi) is 4.07. The van der Waals surface area contributed by atoms with Gasteiger partial charge in [-0.3, -0.25) is 0 Å². The standard InChI is InChI=1S/C18H20ClNO/c1-12(14-8-10-18(21-2)16(19)11-14)20-17-9-7-13-5-3-4-6-15(13)17/h4,6,8,10-11,17,20H,1,3,5,7,9H2,2H3. The fourth-order valence-corrected chi connectivity index (χ4v) is 3.39. The molecule has 0 bridgehead atoms. The van der Waals surface area contributed by atoms with Gasteiger partial charge in [0, 0.05) is 5.70 Å². The number of hydrogen-bond acceptors (Lipinski definition) is 2. The summed E-state index contributed by atoms with van der Waals surface area (Å²) >= 11 is 6.19. The molecular formula is C18H20ClNO. The highest BCUT2D eigenvalue weighted by Gasteiger charge is 2.25. The molecule has 1 N–H and O–H groups in total. The molecule has 0 amide bonds. The van der Waals surface area contributed by atoms with Crippen LogP contribution in [0.2, 0.25) is 5.02 Å². The maximum absolute atomic E-state index is 6.19. The quantitative estimate of drug-likeness (QED) is 0.869. The molecule has 3 heteroatoms. The molecule has 0 aromatic heterocycles. The fraction of sp³-hybridized carbons (Fsp3) is 0.333. The number of hydrogen-bond donors (Lipinski definition) is 1. The summed E-state index contributed by atoms with van der Waals surface area (Å²) in [7, 11) is 1.62. The molecule has 3 rings (SSSR count). The molecule has 0 saturated carbocycles. The zero-order valence-electron chi connectivity index (χ0n) is 12.3. The van der Waals surface area contributed by atoms with Gasteiger partial charge in [0.15, 0.2) is 0 Å². The first kappa shape index (κ1) is 14.3. The predicted octanol–water partition coefficient (Wildman–Crippen LogP) is 4.72. The zero-order chi connectivity index (χ0) is 14.8. The molecule has 1 aromatic rings. The molecule has 110 valence electrons. The van der Waals surface area contributed by atoms with E-state index in [1.54, 1.807) is 12.7 Å². The van der Waals surface area contributed by atoms with Gasteiger partial charge >= 0.3 is 0 Å². The van der Waals surface area contributed by atoms with Crippen molar-refractivity contribution in [2.24, 2.45) is 0 Å². The highest BCUT2D eigenvalue weighted by molar-refractivity contribution is 6.32. The Morgan fingerprint density at radius 1 is 1.38 bits per heavy atom. The van der Waals surface area contributed by atoms with Gasteiger partial charge in [0.2, 0.25) is 0 Å². The monoisotopic (exact) mass is 301 g/mol. The lowest BCUT2D eigenvalue weighted by Gasteiger charge is -2.20. The van der Waals surface area contributed by atoms with E-state index in [1.807, 2.05) is 18.2 Å². The lowest BCUT2D eigenvalue weighted by molar-refractivity contribution is 0.415. The molecule has 0 radical (unpaired) electrons. The molecule has 0 fully saturated rings. The largest absolute Gasteiger partial charge is 0.495 e. The van der Waals surface area contributed by atoms with E-state index in [9.17, 15) is 0 Å². The maximum Gasteiger partial charge on any atom is 0.137 e. The molecule has 1 unspecified atom stereocenters. The van der Waals surface area contributed by atoms with E-state index >= 15 is 0 Å². The van der Waals surface area contributed by atoms with Crippen molar-refractivity contribution in [2.45, 2.75) is 31.7 Å². The number of rotatable bonds is 4. The number of benzene rings is 1. The Balaban J connectivity index is 1.74. The smallest absolute Gasteiger partial charge is 0.137 e. The fourth-order valence-electron chi connectivity index (χ4n) is 3.13. The van der Waals surface area contributed by atoms with E-state index in [0.29, 0.717) is 16.8 Å². The average Bonchev–Trinajstić information content (AvgIpc) is 2.90. The number of allylic oxidation sites excluding steroid dienone is 2. The van der Waals surface area contributed by atoms with Crippen molar-refractivity contribution in [1.29, 1.82) is 0 Å². The molecule has 1 atom stereocenters. The van der Waals surface area contributed by atoms with Crippen molar-refractivity contribution >= 4 is 17.3 Å². The van der Waals surface area contributed by atoms with Gasteiger partial charge in [-0.1, -0.05) is 35.9 Å². The second-order valence-corrected chi connectivity index (χ2v) is 5.97. The normalized spacial score (nSPS) is 20.4. The first-order chi connectivity index (χ1) is 10.2. The molecule has 2 aliphatic carbocycles. The summed E-state index contributed by atoms with van der Waals surface area (Å²) in [6.45, 7) is 4.17. The van der Waals surface area contributed by atoms with Crippen LogP contribution in [0.5, 0.6) is 5.75 Å². The molecule has 0 spiro atoms. The van der Waals surface area contributed by atoms with Crippen LogP contribution in [-0.4, -0.2) is 13.2 Å². The molecule has 0 heterocycles. The Morgan fingerprint density at radius 3 is 3.00 bits per heavy atom. The zero-order valence-corrected chi connectivity index (χ0v) is 13.0. The summed E-state index contributed by atoms with van der Waals surface area (Å²) in [5.74, 6) is 0.689. The summed E-state index contributed by atoms with van der Waals surface area (Å²) in [6, 6.07) is 6.15. The molecular weight excluding hydrogens is 282 g/mol. The second kappa shape index (κ2) is 5.98. The van der Waals surface area contributed by atoms with Crippen LogP contribution in [-0.2, 0) is 0 Å². The van der Waals surface area contributed by atoms with Crippen molar-refractivity contribution in [3.63, 3.8) is 0 Å². The molecule has 2 aliphatic rings. The summed E-state index contributed by atoms with van der Waals surface area (Å²) in [5, 5.41) is 4.17. The highest BCUT2D eigenvalue weighted by atomic mass is 35.5. The summed E-state index contributed by atoms with van der Waals surface area (Å²) < 4.78 is 5.19. The number of ether oxygens (including phenoxy) is 1. The third-order valence-corrected chi connectivity index (χ3v) is 4.57. The highest BCUT2D eigenvalue weighted by Crippen LogP contribution is 2.35. The minimum Gasteiger partial charge on any atom is -0.495 e. The van der Waals surface area contributed by atoms with Gasteiger partial charge in [0.05, 0.1) is 18.2 Å². The van der Waals surface area contributed by atoms with Gasteiger partial charge in [-0.15, -0.1) is 0 Å². The van der Waals surface area contributed by atoms with Crippen LogP contribution in [0.15, 0.2) is 48.1 Å². The van der Waals surface area contributed by atoms with E-state index in [0.717, 1.165) is 17.7 Å². The van der Waals surface area contributed by atoms with Crippen molar-refractivity contribution in [3.8, 4) is 5.75 Å². The molecule has 0 saturated heterocycles. The second-order valence-electron chi connectivity index (χ2n) is 5.56. The summed E-state index contributed by atoms with van der Waals surface area (Å²) in [5.41, 5.74) is 4.99. The van der Waals surface area contributed by atoms with Crippen LogP contribution >= 0.6 is 11.6 Å². The Labute approximate surface area is 131 Å². The van der Waals surface area contributed by atoms with Gasteiger partial charge in [-0.2, -0.15) is 0 Å². The maximum atomic E-state index is 6.19. The lowest BCUT2D eigenvalue weighted by atomic mass is 9.98. The third-order valence-electron chi connectivity index (χ3n) is 4.28. The number of halogens is 1. The average molecular weight is 302 g/mol. The van der Waals surface area contributed by atoms with Crippen LogP contribution in [0.4, 0.5) is 0 Å². The lowest BCUT2D eigenvalue weighted by Crippen LogP contribution is -2.26. The minimum atomic E-state index is 0.380. The topological polar surface area (TPSA) is 21.3 Å². The Bertz CT molecular complexity index is 630. The summed E-state index contributed by atoms with van der Waals surface area (Å²) in [6.07, 6.45) is 9.29. The van der Waals surface area contributed by atoms with Gasteiger partial charge in [-0.25, -0.2) is 0 Å². The van der Waals surface area contributed by atoms with Crippen LogP contribution in [0.1, 0.15) is 31.2 Å². The van der Waals surface area contributed by atoms with Crippen LogP contribution < -0.4 is 10.1 Å². The van der Waals surface area contributed by atoms with Crippen LogP contribution in [0.25, 0.3) is 5.70 Å². The summed E-state index contributed by atoms with van der Waals surface area (Å²) in [4.78, 5) is 0. The van der Waals surface area contributed by atoms with Gasteiger partial charge in [-0.05, 0) is 55.0 Å². The number of nitrogens with one attached hydrogen (secondary N) is 1.